The smallest absolute Gasteiger partial charge is 0.311 e. The number of furan rings is 1. The molecule has 1 aromatic carbocycles. The van der Waals surface area contributed by atoms with Crippen molar-refractivity contribution in [1.29, 1.82) is 0 Å². The second-order valence-electron chi connectivity index (χ2n) is 8.25. The third-order valence-electron chi connectivity index (χ3n) is 6.06. The molecule has 1 saturated heterocycles. The Bertz CT molecular complexity index is 890. The Labute approximate surface area is 181 Å². The molecule has 2 aromatic rings. The Morgan fingerprint density at radius 1 is 1.06 bits per heavy atom. The highest BCUT2D eigenvalue weighted by Gasteiger charge is 2.36. The van der Waals surface area contributed by atoms with Crippen molar-refractivity contribution in [3.8, 4) is 0 Å². The van der Waals surface area contributed by atoms with E-state index in [4.69, 9.17) is 9.15 Å². The van der Waals surface area contributed by atoms with Gasteiger partial charge in [0, 0.05) is 24.7 Å². The lowest BCUT2D eigenvalue weighted by atomic mass is 9.93. The summed E-state index contributed by atoms with van der Waals surface area (Å²) < 4.78 is 10.7. The number of amides is 2. The number of hydrogen-bond acceptors (Lipinski definition) is 5. The molecule has 0 radical (unpaired) electrons. The molecule has 0 N–H and O–H groups in total. The van der Waals surface area contributed by atoms with Crippen molar-refractivity contribution < 1.29 is 23.5 Å². The van der Waals surface area contributed by atoms with Gasteiger partial charge in [-0.3, -0.25) is 14.4 Å². The fourth-order valence-corrected chi connectivity index (χ4v) is 4.48. The van der Waals surface area contributed by atoms with Gasteiger partial charge >= 0.3 is 5.97 Å². The first-order valence-electron chi connectivity index (χ1n) is 11.0. The maximum Gasteiger partial charge on any atom is 0.311 e. The number of carbonyl (C=O) groups excluding carboxylic acids is 3. The average Bonchev–Trinajstić information content (AvgIpc) is 3.44. The zero-order valence-corrected chi connectivity index (χ0v) is 17.6. The van der Waals surface area contributed by atoms with Gasteiger partial charge in [0.05, 0.1) is 18.7 Å². The third kappa shape index (κ3) is 5.16. The highest BCUT2D eigenvalue weighted by molar-refractivity contribution is 5.96. The van der Waals surface area contributed by atoms with E-state index >= 15 is 0 Å². The van der Waals surface area contributed by atoms with Crippen molar-refractivity contribution >= 4 is 23.5 Å². The number of para-hydroxylation sites is 1. The van der Waals surface area contributed by atoms with Crippen LogP contribution >= 0.6 is 0 Å². The maximum atomic E-state index is 13.1. The normalized spacial score (nSPS) is 19.4. The minimum atomic E-state index is -0.560. The Kier molecular flexibility index (Phi) is 6.70. The second-order valence-corrected chi connectivity index (χ2v) is 8.25. The van der Waals surface area contributed by atoms with E-state index in [1.807, 2.05) is 30.3 Å². The molecule has 7 heteroatoms. The lowest BCUT2D eigenvalue weighted by molar-refractivity contribution is -0.152. The monoisotopic (exact) mass is 424 g/mol. The third-order valence-corrected chi connectivity index (χ3v) is 6.06. The van der Waals surface area contributed by atoms with E-state index in [1.54, 1.807) is 28.2 Å². The van der Waals surface area contributed by atoms with E-state index < -0.39 is 11.9 Å². The summed E-state index contributed by atoms with van der Waals surface area (Å²) in [6.45, 7) is 0.294. The van der Waals surface area contributed by atoms with Crippen molar-refractivity contribution in [3.63, 3.8) is 0 Å². The lowest BCUT2D eigenvalue weighted by Crippen LogP contribution is -2.44. The van der Waals surface area contributed by atoms with Gasteiger partial charge < -0.3 is 19.0 Å². The van der Waals surface area contributed by atoms with Crippen LogP contribution in [0.2, 0.25) is 0 Å². The minimum Gasteiger partial charge on any atom is -0.467 e. The molecule has 2 fully saturated rings. The van der Waals surface area contributed by atoms with E-state index in [-0.39, 0.29) is 37.4 Å². The lowest BCUT2D eigenvalue weighted by Gasteiger charge is -2.34. The van der Waals surface area contributed by atoms with Crippen LogP contribution in [0.15, 0.2) is 53.1 Å². The predicted molar refractivity (Wildman–Crippen MR) is 114 cm³/mol. The Morgan fingerprint density at radius 2 is 1.84 bits per heavy atom. The van der Waals surface area contributed by atoms with Crippen molar-refractivity contribution in [1.82, 2.24) is 4.90 Å². The summed E-state index contributed by atoms with van der Waals surface area (Å²) in [5.41, 5.74) is 0.830. The summed E-state index contributed by atoms with van der Waals surface area (Å²) >= 11 is 0. The van der Waals surface area contributed by atoms with E-state index in [1.165, 1.54) is 6.42 Å². The van der Waals surface area contributed by atoms with E-state index in [0.29, 0.717) is 12.3 Å². The molecule has 1 saturated carbocycles. The van der Waals surface area contributed by atoms with Crippen LogP contribution in [0.3, 0.4) is 0 Å². The standard InChI is InChI=1S/C24H28N2O5/c27-22-14-18(15-25(22)16-21-12-7-13-30-21)24(29)31-17-23(28)26(19-8-3-1-4-9-19)20-10-5-2-6-11-20/h1,3-4,7-9,12-13,18,20H,2,5-6,10-11,14-17H2/t18-/m0/s1. The Balaban J connectivity index is 1.35. The molecule has 1 atom stereocenters. The van der Waals surface area contributed by atoms with Gasteiger partial charge in [-0.15, -0.1) is 0 Å². The second kappa shape index (κ2) is 9.81. The number of carbonyl (C=O) groups is 3. The Hall–Kier alpha value is -3.09. The van der Waals surface area contributed by atoms with Crippen LogP contribution < -0.4 is 4.90 Å². The van der Waals surface area contributed by atoms with Gasteiger partial charge in [-0.1, -0.05) is 37.5 Å². The molecule has 4 rings (SSSR count). The average molecular weight is 424 g/mol. The first-order valence-corrected chi connectivity index (χ1v) is 11.0. The number of nitrogens with zero attached hydrogens (tertiary/aromatic N) is 2. The van der Waals surface area contributed by atoms with Gasteiger partial charge in [0.1, 0.15) is 5.76 Å². The molecule has 164 valence electrons. The fraction of sp³-hybridized carbons (Fsp3) is 0.458. The van der Waals surface area contributed by atoms with Gasteiger partial charge in [-0.2, -0.15) is 0 Å². The molecule has 2 aliphatic rings. The molecule has 1 aliphatic carbocycles. The molecule has 1 aromatic heterocycles. The molecule has 31 heavy (non-hydrogen) atoms. The van der Waals surface area contributed by atoms with Crippen LogP contribution in [0.5, 0.6) is 0 Å². The quantitative estimate of drug-likeness (QED) is 0.635. The van der Waals surface area contributed by atoms with Crippen LogP contribution in [0.4, 0.5) is 5.69 Å². The zero-order chi connectivity index (χ0) is 21.6. The van der Waals surface area contributed by atoms with Crippen molar-refractivity contribution in [3.05, 3.63) is 54.5 Å². The van der Waals surface area contributed by atoms with Crippen LogP contribution in [-0.2, 0) is 25.7 Å². The van der Waals surface area contributed by atoms with Crippen LogP contribution in [0.25, 0.3) is 0 Å². The van der Waals surface area contributed by atoms with Crippen LogP contribution in [-0.4, -0.2) is 41.9 Å². The summed E-state index contributed by atoms with van der Waals surface area (Å²) in [5.74, 6) is -0.722. The molecule has 2 heterocycles. The molecule has 0 bridgehead atoms. The number of hydrogen-bond donors (Lipinski definition) is 0. The topological polar surface area (TPSA) is 80.1 Å². The molecule has 0 spiro atoms. The van der Waals surface area contributed by atoms with E-state index in [0.717, 1.165) is 31.4 Å². The highest BCUT2D eigenvalue weighted by Crippen LogP contribution is 2.28. The highest BCUT2D eigenvalue weighted by atomic mass is 16.5. The largest absolute Gasteiger partial charge is 0.467 e. The van der Waals surface area contributed by atoms with Crippen LogP contribution in [0.1, 0.15) is 44.3 Å². The number of anilines is 1. The SMILES string of the molecule is O=C(OCC(=O)N(c1ccccc1)C1CCCCC1)[C@H]1CC(=O)N(Cc2ccco2)C1. The summed E-state index contributed by atoms with van der Waals surface area (Å²) in [7, 11) is 0. The predicted octanol–water partition coefficient (Wildman–Crippen LogP) is 3.54. The molecule has 7 nitrogen and oxygen atoms in total. The minimum absolute atomic E-state index is 0.0960. The molecule has 1 aliphatic heterocycles. The maximum absolute atomic E-state index is 13.1. The molecular formula is C24H28N2O5. The number of benzene rings is 1. The zero-order valence-electron chi connectivity index (χ0n) is 17.6. The van der Waals surface area contributed by atoms with Crippen molar-refractivity contribution in [2.45, 2.75) is 51.1 Å². The van der Waals surface area contributed by atoms with E-state index in [9.17, 15) is 14.4 Å². The fourth-order valence-electron chi connectivity index (χ4n) is 4.48. The van der Waals surface area contributed by atoms with Gasteiger partial charge in [0.2, 0.25) is 5.91 Å². The Morgan fingerprint density at radius 3 is 2.55 bits per heavy atom. The number of ether oxygens (including phenoxy) is 1. The first kappa shape index (κ1) is 21.2. The van der Waals surface area contributed by atoms with Gasteiger partial charge in [0.15, 0.2) is 6.61 Å². The number of rotatable bonds is 7. The molecular weight excluding hydrogens is 396 g/mol. The summed E-state index contributed by atoms with van der Waals surface area (Å²) in [5, 5.41) is 0. The molecule has 2 amide bonds. The van der Waals surface area contributed by atoms with Gasteiger partial charge in [-0.05, 0) is 37.1 Å². The summed E-state index contributed by atoms with van der Waals surface area (Å²) in [4.78, 5) is 41.3. The first-order chi connectivity index (χ1) is 15.1. The van der Waals surface area contributed by atoms with Crippen molar-refractivity contribution in [2.24, 2.45) is 5.92 Å². The van der Waals surface area contributed by atoms with Crippen LogP contribution in [0, 0.1) is 5.92 Å². The summed E-state index contributed by atoms with van der Waals surface area (Å²) in [6.07, 6.45) is 6.93. The number of esters is 1. The summed E-state index contributed by atoms with van der Waals surface area (Å²) in [6, 6.07) is 13.2. The van der Waals surface area contributed by atoms with Gasteiger partial charge in [0.25, 0.3) is 5.91 Å². The van der Waals surface area contributed by atoms with E-state index in [2.05, 4.69) is 0 Å². The molecule has 0 unspecified atom stereocenters. The number of likely N-dealkylation sites (tertiary alicyclic amines) is 1. The van der Waals surface area contributed by atoms with Gasteiger partial charge in [-0.25, -0.2) is 0 Å². The van der Waals surface area contributed by atoms with Crippen molar-refractivity contribution in [2.75, 3.05) is 18.1 Å².